The summed E-state index contributed by atoms with van der Waals surface area (Å²) in [4.78, 5) is 12.0. The molecule has 148 valence electrons. The third-order valence-corrected chi connectivity index (χ3v) is 7.26. The number of fused-ring (bicyclic) bond motifs is 3. The monoisotopic (exact) mass is 373 g/mol. The van der Waals surface area contributed by atoms with Gasteiger partial charge in [0, 0.05) is 23.4 Å². The minimum atomic E-state index is -0.327. The first-order valence-electron chi connectivity index (χ1n) is 10.2. The van der Waals surface area contributed by atoms with E-state index in [-0.39, 0.29) is 29.1 Å². The quantitative estimate of drug-likeness (QED) is 0.854. The molecular formula is C22H31NO4. The number of para-hydroxylation sites is 1. The van der Waals surface area contributed by atoms with Gasteiger partial charge >= 0.3 is 6.09 Å². The summed E-state index contributed by atoms with van der Waals surface area (Å²) >= 11 is 0. The maximum Gasteiger partial charge on any atom is 0.407 e. The Labute approximate surface area is 161 Å². The summed E-state index contributed by atoms with van der Waals surface area (Å²) in [6, 6.07) is 8.24. The van der Waals surface area contributed by atoms with E-state index in [4.69, 9.17) is 14.2 Å². The molecule has 2 fully saturated rings. The summed E-state index contributed by atoms with van der Waals surface area (Å²) in [5.41, 5.74) is 0.725. The number of carbonyl (C=O) groups is 1. The van der Waals surface area contributed by atoms with Crippen LogP contribution in [0.4, 0.5) is 4.79 Å². The van der Waals surface area contributed by atoms with E-state index < -0.39 is 0 Å². The second-order valence-electron chi connectivity index (χ2n) is 8.84. The highest BCUT2D eigenvalue weighted by Gasteiger charge is 2.64. The van der Waals surface area contributed by atoms with Crippen molar-refractivity contribution in [3.63, 3.8) is 0 Å². The predicted molar refractivity (Wildman–Crippen MR) is 103 cm³/mol. The van der Waals surface area contributed by atoms with Gasteiger partial charge in [-0.15, -0.1) is 0 Å². The molecule has 0 radical (unpaired) electrons. The molecule has 1 aromatic rings. The molecule has 1 saturated heterocycles. The molecule has 5 nitrogen and oxygen atoms in total. The molecule has 5 heteroatoms. The maximum absolute atomic E-state index is 12.0. The number of ether oxygens (including phenoxy) is 3. The molecule has 27 heavy (non-hydrogen) atoms. The second kappa shape index (κ2) is 6.69. The standard InChI is InChI=1S/C22H31NO4/c1-5-10-23-20(24)26-13-22-12-25-19-16-8-6-7-9-17(16)27-21(4,11-14(22)2)18(19)15(22)3/h6-9,14-15,18-19H,5,10-13H2,1-4H3,(H,23,24)/t14-,15+,18+,19+,21+,22-/m1/s1. The second-order valence-corrected chi connectivity index (χ2v) is 8.84. The molecule has 1 N–H and O–H groups in total. The van der Waals surface area contributed by atoms with Gasteiger partial charge in [0.2, 0.25) is 0 Å². The topological polar surface area (TPSA) is 56.8 Å². The van der Waals surface area contributed by atoms with Gasteiger partial charge in [0.05, 0.1) is 12.7 Å². The lowest BCUT2D eigenvalue weighted by atomic mass is 9.50. The van der Waals surface area contributed by atoms with E-state index in [0.717, 1.165) is 24.2 Å². The number of rotatable bonds is 4. The van der Waals surface area contributed by atoms with Gasteiger partial charge in [-0.3, -0.25) is 0 Å². The third-order valence-electron chi connectivity index (χ3n) is 7.26. The Morgan fingerprint density at radius 1 is 1.33 bits per heavy atom. The highest BCUT2D eigenvalue weighted by molar-refractivity contribution is 5.67. The number of benzene rings is 1. The predicted octanol–water partition coefficient (Wildman–Crippen LogP) is 4.32. The van der Waals surface area contributed by atoms with Gasteiger partial charge < -0.3 is 19.5 Å². The van der Waals surface area contributed by atoms with Crippen molar-refractivity contribution in [2.24, 2.45) is 23.2 Å². The SMILES string of the molecule is CCCNC(=O)OC[C@]12CO[C@H]3c4ccccc4O[C@@](C)(C[C@H]1C)[C@H]3[C@@H]2C. The fraction of sp³-hybridized carbons (Fsp3) is 0.682. The smallest absolute Gasteiger partial charge is 0.407 e. The Morgan fingerprint density at radius 3 is 2.89 bits per heavy atom. The van der Waals surface area contributed by atoms with Crippen molar-refractivity contribution >= 4 is 6.09 Å². The summed E-state index contributed by atoms with van der Waals surface area (Å²) in [5.74, 6) is 1.86. The fourth-order valence-electron chi connectivity index (χ4n) is 5.73. The first-order chi connectivity index (χ1) is 12.9. The Bertz CT molecular complexity index is 722. The number of nitrogens with one attached hydrogen (secondary N) is 1. The minimum Gasteiger partial charge on any atom is -0.487 e. The molecule has 4 rings (SSSR count). The van der Waals surface area contributed by atoms with Crippen LogP contribution in [0.1, 0.15) is 52.2 Å². The average Bonchev–Trinajstić information content (AvgIpc) is 2.64. The fourth-order valence-corrected chi connectivity index (χ4v) is 5.73. The zero-order valence-corrected chi connectivity index (χ0v) is 16.8. The third kappa shape index (κ3) is 2.82. The van der Waals surface area contributed by atoms with Gasteiger partial charge in [0.1, 0.15) is 18.0 Å². The van der Waals surface area contributed by atoms with Crippen LogP contribution in [0.2, 0.25) is 0 Å². The molecule has 0 aromatic heterocycles. The molecule has 0 unspecified atom stereocenters. The zero-order chi connectivity index (χ0) is 19.2. The van der Waals surface area contributed by atoms with E-state index in [0.29, 0.717) is 31.6 Å². The van der Waals surface area contributed by atoms with Crippen LogP contribution in [-0.4, -0.2) is 31.5 Å². The van der Waals surface area contributed by atoms with Crippen molar-refractivity contribution in [1.82, 2.24) is 5.32 Å². The van der Waals surface area contributed by atoms with Gasteiger partial charge in [0.15, 0.2) is 0 Å². The van der Waals surface area contributed by atoms with E-state index in [1.807, 2.05) is 25.1 Å². The van der Waals surface area contributed by atoms with Crippen LogP contribution in [-0.2, 0) is 9.47 Å². The molecule has 0 spiro atoms. The zero-order valence-electron chi connectivity index (χ0n) is 16.8. The maximum atomic E-state index is 12.0. The van der Waals surface area contributed by atoms with Crippen LogP contribution in [0.3, 0.4) is 0 Å². The molecule has 1 saturated carbocycles. The van der Waals surface area contributed by atoms with Crippen molar-refractivity contribution in [2.45, 2.75) is 52.2 Å². The van der Waals surface area contributed by atoms with Gasteiger partial charge in [-0.25, -0.2) is 4.79 Å². The Balaban J connectivity index is 1.61. The normalized spacial score (nSPS) is 39.1. The molecule has 1 aromatic carbocycles. The first kappa shape index (κ1) is 18.6. The van der Waals surface area contributed by atoms with Gasteiger partial charge in [0.25, 0.3) is 0 Å². The van der Waals surface area contributed by atoms with Crippen molar-refractivity contribution in [3.8, 4) is 5.75 Å². The molecule has 2 heterocycles. The summed E-state index contributed by atoms with van der Waals surface area (Å²) in [6.45, 7) is 10.4. The van der Waals surface area contributed by atoms with E-state index >= 15 is 0 Å². The van der Waals surface area contributed by atoms with Crippen molar-refractivity contribution in [2.75, 3.05) is 19.8 Å². The van der Waals surface area contributed by atoms with Crippen molar-refractivity contribution in [1.29, 1.82) is 0 Å². The lowest BCUT2D eigenvalue weighted by Gasteiger charge is -2.63. The Hall–Kier alpha value is -1.75. The van der Waals surface area contributed by atoms with Gasteiger partial charge in [-0.2, -0.15) is 0 Å². The number of amides is 1. The first-order valence-corrected chi connectivity index (χ1v) is 10.2. The van der Waals surface area contributed by atoms with Gasteiger partial charge in [-0.05, 0) is 37.7 Å². The van der Waals surface area contributed by atoms with Crippen LogP contribution >= 0.6 is 0 Å². The van der Waals surface area contributed by atoms with Crippen LogP contribution in [0.25, 0.3) is 0 Å². The molecule has 2 bridgehead atoms. The van der Waals surface area contributed by atoms with Crippen molar-refractivity contribution < 1.29 is 19.0 Å². The Kier molecular flexibility index (Phi) is 4.61. The molecular weight excluding hydrogens is 342 g/mol. The van der Waals surface area contributed by atoms with E-state index in [1.54, 1.807) is 0 Å². The average molecular weight is 373 g/mol. The summed E-state index contributed by atoms with van der Waals surface area (Å²) in [5, 5.41) is 2.81. The highest BCUT2D eigenvalue weighted by atomic mass is 16.6. The number of alkyl carbamates (subject to hydrolysis) is 1. The highest BCUT2D eigenvalue weighted by Crippen LogP contribution is 2.63. The summed E-state index contributed by atoms with van der Waals surface area (Å²) in [7, 11) is 0. The molecule has 3 aliphatic rings. The van der Waals surface area contributed by atoms with Crippen LogP contribution < -0.4 is 10.1 Å². The number of carbonyl (C=O) groups excluding carboxylic acids is 1. The van der Waals surface area contributed by atoms with Crippen molar-refractivity contribution in [3.05, 3.63) is 29.8 Å². The minimum absolute atomic E-state index is 0.0458. The van der Waals surface area contributed by atoms with Crippen LogP contribution in [0.5, 0.6) is 5.75 Å². The number of hydrogen-bond acceptors (Lipinski definition) is 4. The Morgan fingerprint density at radius 2 is 2.11 bits per heavy atom. The summed E-state index contributed by atoms with van der Waals surface area (Å²) < 4.78 is 18.7. The van der Waals surface area contributed by atoms with E-state index in [9.17, 15) is 4.79 Å². The number of hydrogen-bond donors (Lipinski definition) is 1. The molecule has 2 aliphatic heterocycles. The largest absolute Gasteiger partial charge is 0.487 e. The summed E-state index contributed by atoms with van der Waals surface area (Å²) in [6.07, 6.45) is 1.56. The van der Waals surface area contributed by atoms with Crippen LogP contribution in [0.15, 0.2) is 24.3 Å². The van der Waals surface area contributed by atoms with E-state index in [2.05, 4.69) is 32.2 Å². The van der Waals surface area contributed by atoms with E-state index in [1.165, 1.54) is 0 Å². The molecule has 6 atom stereocenters. The van der Waals surface area contributed by atoms with Gasteiger partial charge in [-0.1, -0.05) is 39.0 Å². The lowest BCUT2D eigenvalue weighted by Crippen LogP contribution is -2.66. The molecule has 1 amide bonds. The van der Waals surface area contributed by atoms with Crippen LogP contribution in [0, 0.1) is 23.2 Å². The lowest BCUT2D eigenvalue weighted by molar-refractivity contribution is -0.259. The molecule has 1 aliphatic carbocycles.